The van der Waals surface area contributed by atoms with Gasteiger partial charge in [-0.2, -0.15) is 4.39 Å². The molecule has 1 aliphatic rings. The summed E-state index contributed by atoms with van der Waals surface area (Å²) in [4.78, 5) is 0. The van der Waals surface area contributed by atoms with E-state index in [9.17, 15) is 8.78 Å². The normalized spacial score (nSPS) is 15.1. The van der Waals surface area contributed by atoms with E-state index in [1.165, 1.54) is 0 Å². The molecule has 3 aromatic rings. The average Bonchev–Trinajstić information content (AvgIpc) is 3.18. The van der Waals surface area contributed by atoms with Gasteiger partial charge in [0.05, 0.1) is 6.61 Å². The van der Waals surface area contributed by atoms with Crippen LogP contribution in [0.4, 0.5) is 8.78 Å². The van der Waals surface area contributed by atoms with Gasteiger partial charge in [-0.15, -0.1) is 0 Å². The van der Waals surface area contributed by atoms with Crippen LogP contribution >= 0.6 is 0 Å². The predicted molar refractivity (Wildman–Crippen MR) is 85.7 cm³/mol. The molecule has 0 radical (unpaired) electrons. The molecule has 1 aliphatic carbocycles. The molecule has 23 heavy (non-hydrogen) atoms. The van der Waals surface area contributed by atoms with Crippen LogP contribution in [0.25, 0.3) is 21.9 Å². The van der Waals surface area contributed by atoms with E-state index >= 15 is 0 Å². The van der Waals surface area contributed by atoms with Crippen molar-refractivity contribution in [2.45, 2.75) is 19.8 Å². The number of aryl methyl sites for hydroxylation is 1. The number of fused-ring (bicyclic) bond motifs is 3. The zero-order valence-electron chi connectivity index (χ0n) is 12.7. The first kappa shape index (κ1) is 14.2. The van der Waals surface area contributed by atoms with E-state index in [0.29, 0.717) is 28.9 Å². The van der Waals surface area contributed by atoms with E-state index in [4.69, 9.17) is 9.15 Å². The highest BCUT2D eigenvalue weighted by Crippen LogP contribution is 2.36. The lowest BCUT2D eigenvalue weighted by Gasteiger charge is -2.11. The van der Waals surface area contributed by atoms with Crippen LogP contribution < -0.4 is 4.74 Å². The summed E-state index contributed by atoms with van der Waals surface area (Å²) in [5, 5.41) is 1.14. The molecule has 0 N–H and O–H groups in total. The number of rotatable bonds is 3. The van der Waals surface area contributed by atoms with Gasteiger partial charge in [-0.05, 0) is 43.4 Å². The molecule has 4 rings (SSSR count). The van der Waals surface area contributed by atoms with Crippen molar-refractivity contribution in [2.75, 3.05) is 6.61 Å². The van der Waals surface area contributed by atoms with E-state index in [2.05, 4.69) is 12.2 Å². The topological polar surface area (TPSA) is 22.4 Å². The highest BCUT2D eigenvalue weighted by atomic mass is 19.1. The molecule has 0 amide bonds. The summed E-state index contributed by atoms with van der Waals surface area (Å²) in [7, 11) is 0. The van der Waals surface area contributed by atoms with Crippen molar-refractivity contribution in [3.8, 4) is 5.75 Å². The van der Waals surface area contributed by atoms with E-state index in [-0.39, 0.29) is 16.9 Å². The Morgan fingerprint density at radius 1 is 1.00 bits per heavy atom. The molecule has 118 valence electrons. The number of halogens is 2. The SMILES string of the molecule is Cc1ccc2c(oc3c(F)c(OCC4CC=CC4)ccc32)c1F. The van der Waals surface area contributed by atoms with Crippen LogP contribution in [0, 0.1) is 24.5 Å². The van der Waals surface area contributed by atoms with Gasteiger partial charge in [0.2, 0.25) is 5.82 Å². The smallest absolute Gasteiger partial charge is 0.208 e. The lowest BCUT2D eigenvalue weighted by Crippen LogP contribution is -2.09. The molecule has 1 aromatic heterocycles. The molecule has 2 aromatic carbocycles. The second kappa shape index (κ2) is 5.37. The Labute approximate surface area is 132 Å². The maximum absolute atomic E-state index is 14.7. The second-order valence-electron chi connectivity index (χ2n) is 6.05. The Kier molecular flexibility index (Phi) is 3.33. The van der Waals surface area contributed by atoms with E-state index < -0.39 is 11.6 Å². The Morgan fingerprint density at radius 3 is 2.39 bits per heavy atom. The van der Waals surface area contributed by atoms with Crippen LogP contribution in [0.3, 0.4) is 0 Å². The number of ether oxygens (including phenoxy) is 1. The van der Waals surface area contributed by atoms with Gasteiger partial charge in [-0.1, -0.05) is 24.3 Å². The molecule has 0 spiro atoms. The zero-order valence-corrected chi connectivity index (χ0v) is 12.7. The molecule has 2 nitrogen and oxygen atoms in total. The maximum atomic E-state index is 14.7. The monoisotopic (exact) mass is 314 g/mol. The Bertz CT molecular complexity index is 916. The summed E-state index contributed by atoms with van der Waals surface area (Å²) in [6.07, 6.45) is 6.13. The molecular formula is C19H16F2O2. The molecule has 0 saturated carbocycles. The summed E-state index contributed by atoms with van der Waals surface area (Å²) < 4.78 is 39.9. The van der Waals surface area contributed by atoms with Gasteiger partial charge in [0.15, 0.2) is 22.7 Å². The first-order valence-electron chi connectivity index (χ1n) is 7.72. The van der Waals surface area contributed by atoms with E-state index in [1.54, 1.807) is 31.2 Å². The summed E-state index contributed by atoms with van der Waals surface area (Å²) in [5.74, 6) is -0.472. The molecular weight excluding hydrogens is 298 g/mol. The minimum Gasteiger partial charge on any atom is -0.490 e. The average molecular weight is 314 g/mol. The molecule has 0 bridgehead atoms. The van der Waals surface area contributed by atoms with Crippen LogP contribution in [-0.4, -0.2) is 6.61 Å². The zero-order chi connectivity index (χ0) is 16.0. The lowest BCUT2D eigenvalue weighted by molar-refractivity contribution is 0.246. The third kappa shape index (κ3) is 2.29. The predicted octanol–water partition coefficient (Wildman–Crippen LogP) is 5.52. The highest BCUT2D eigenvalue weighted by molar-refractivity contribution is 6.05. The first-order chi connectivity index (χ1) is 11.1. The highest BCUT2D eigenvalue weighted by Gasteiger charge is 2.19. The molecule has 0 saturated heterocycles. The molecule has 4 heteroatoms. The maximum Gasteiger partial charge on any atom is 0.208 e. The third-order valence-corrected chi connectivity index (χ3v) is 4.43. The van der Waals surface area contributed by atoms with Gasteiger partial charge in [-0.25, -0.2) is 4.39 Å². The molecule has 0 atom stereocenters. The fourth-order valence-corrected chi connectivity index (χ4v) is 3.05. The lowest BCUT2D eigenvalue weighted by atomic mass is 10.1. The van der Waals surface area contributed by atoms with Gasteiger partial charge in [0, 0.05) is 10.8 Å². The van der Waals surface area contributed by atoms with Crippen molar-refractivity contribution in [1.29, 1.82) is 0 Å². The quantitative estimate of drug-likeness (QED) is 0.594. The number of hydrogen-bond acceptors (Lipinski definition) is 2. The fraction of sp³-hybridized carbons (Fsp3) is 0.263. The molecule has 0 unspecified atom stereocenters. The van der Waals surface area contributed by atoms with Crippen molar-refractivity contribution < 1.29 is 17.9 Å². The number of allylic oxidation sites excluding steroid dienone is 2. The first-order valence-corrected chi connectivity index (χ1v) is 7.72. The van der Waals surface area contributed by atoms with Crippen LogP contribution in [0.2, 0.25) is 0 Å². The van der Waals surface area contributed by atoms with Crippen LogP contribution in [0.15, 0.2) is 40.8 Å². The summed E-state index contributed by atoms with van der Waals surface area (Å²) in [5.41, 5.74) is 0.616. The van der Waals surface area contributed by atoms with Crippen molar-refractivity contribution in [2.24, 2.45) is 5.92 Å². The van der Waals surface area contributed by atoms with Crippen molar-refractivity contribution in [3.05, 3.63) is 53.6 Å². The molecule has 1 heterocycles. The largest absolute Gasteiger partial charge is 0.490 e. The second-order valence-corrected chi connectivity index (χ2v) is 6.05. The van der Waals surface area contributed by atoms with Crippen molar-refractivity contribution >= 4 is 21.9 Å². The van der Waals surface area contributed by atoms with Crippen molar-refractivity contribution in [3.63, 3.8) is 0 Å². The summed E-state index contributed by atoms with van der Waals surface area (Å²) in [6, 6.07) is 6.74. The standard InChI is InChI=1S/C19H16F2O2/c1-11-6-7-13-14-8-9-15(22-10-12-4-2-3-5-12)17(21)19(14)23-18(13)16(11)20/h2-3,6-9,12H,4-5,10H2,1H3. The number of hydrogen-bond donors (Lipinski definition) is 0. The van der Waals surface area contributed by atoms with Crippen LogP contribution in [0.1, 0.15) is 18.4 Å². The van der Waals surface area contributed by atoms with Gasteiger partial charge in [-0.3, -0.25) is 0 Å². The van der Waals surface area contributed by atoms with Gasteiger partial charge in [0.1, 0.15) is 0 Å². The van der Waals surface area contributed by atoms with Gasteiger partial charge >= 0.3 is 0 Å². The number of benzene rings is 2. The Hall–Kier alpha value is -2.36. The minimum atomic E-state index is -0.568. The fourth-order valence-electron chi connectivity index (χ4n) is 3.05. The Balaban J connectivity index is 1.75. The van der Waals surface area contributed by atoms with Gasteiger partial charge in [0.25, 0.3) is 0 Å². The third-order valence-electron chi connectivity index (χ3n) is 4.43. The summed E-state index contributed by atoms with van der Waals surface area (Å²) >= 11 is 0. The van der Waals surface area contributed by atoms with Gasteiger partial charge < -0.3 is 9.15 Å². The van der Waals surface area contributed by atoms with Crippen LogP contribution in [0.5, 0.6) is 5.75 Å². The van der Waals surface area contributed by atoms with Crippen molar-refractivity contribution in [1.82, 2.24) is 0 Å². The number of furan rings is 1. The summed E-state index contributed by atoms with van der Waals surface area (Å²) in [6.45, 7) is 2.12. The molecule has 0 aliphatic heterocycles. The Morgan fingerprint density at radius 2 is 1.65 bits per heavy atom. The molecule has 0 fully saturated rings. The van der Waals surface area contributed by atoms with E-state index in [0.717, 1.165) is 12.8 Å². The van der Waals surface area contributed by atoms with E-state index in [1.807, 2.05) is 0 Å². The minimum absolute atomic E-state index is 0.0477. The van der Waals surface area contributed by atoms with Crippen LogP contribution in [-0.2, 0) is 0 Å².